The SMILES string of the molecule is CN.[Cl-].[I-].[I-].[Pb]. The molecule has 0 saturated carbocycles. The first-order valence-corrected chi connectivity index (χ1v) is 0.577. The topological polar surface area (TPSA) is 26.0 Å². The molecule has 0 rings (SSSR count). The Morgan fingerprint density at radius 2 is 1.00 bits per heavy atom. The zero-order valence-electron chi connectivity index (χ0n) is 3.21. The first kappa shape index (κ1) is 38.1. The third-order valence-corrected chi connectivity index (χ3v) is 0. The molecule has 0 spiro atoms. The molecule has 5 heteroatoms. The van der Waals surface area contributed by atoms with Crippen molar-refractivity contribution >= 4 is 27.3 Å². The van der Waals surface area contributed by atoms with Crippen molar-refractivity contribution < 1.29 is 60.4 Å². The third-order valence-electron chi connectivity index (χ3n) is 0. The van der Waals surface area contributed by atoms with Crippen LogP contribution in [0, 0.1) is 0 Å². The van der Waals surface area contributed by atoms with Gasteiger partial charge in [-0.1, -0.05) is 0 Å². The van der Waals surface area contributed by atoms with Crippen LogP contribution < -0.4 is 66.1 Å². The fraction of sp³-hybridized carbons (Fsp3) is 1.00. The minimum absolute atomic E-state index is 0. The molecule has 0 aliphatic carbocycles. The molecule has 1 nitrogen and oxygen atoms in total. The van der Waals surface area contributed by atoms with E-state index in [9.17, 15) is 0 Å². The average molecular weight is 528 g/mol. The fourth-order valence-corrected chi connectivity index (χ4v) is 0. The monoisotopic (exact) mass is 528 g/mol. The van der Waals surface area contributed by atoms with Gasteiger partial charge in [-0.25, -0.2) is 0 Å². The smallest absolute Gasteiger partial charge is 0 e. The molecule has 0 aromatic rings. The normalized spacial score (nSPS) is 1.00. The second kappa shape index (κ2) is 48.5. The van der Waals surface area contributed by atoms with Crippen molar-refractivity contribution in [2.24, 2.45) is 5.73 Å². The molecule has 0 unspecified atom stereocenters. The maximum absolute atomic E-state index is 4.50. The van der Waals surface area contributed by atoms with Gasteiger partial charge in [0.05, 0.1) is 0 Å². The van der Waals surface area contributed by atoms with Crippen molar-refractivity contribution in [2.45, 2.75) is 0 Å². The van der Waals surface area contributed by atoms with Crippen molar-refractivity contribution in [2.75, 3.05) is 7.05 Å². The van der Waals surface area contributed by atoms with Crippen molar-refractivity contribution in [1.29, 1.82) is 0 Å². The molecule has 0 aromatic heterocycles. The van der Waals surface area contributed by atoms with E-state index in [1.807, 2.05) is 0 Å². The molecule has 0 aliphatic rings. The Morgan fingerprint density at radius 3 is 1.00 bits per heavy atom. The summed E-state index contributed by atoms with van der Waals surface area (Å²) in [5.41, 5.74) is 4.50. The third kappa shape index (κ3) is 30.4. The van der Waals surface area contributed by atoms with Crippen LogP contribution in [0.4, 0.5) is 0 Å². The van der Waals surface area contributed by atoms with E-state index in [2.05, 4.69) is 5.73 Å². The Morgan fingerprint density at radius 1 is 1.00 bits per heavy atom. The van der Waals surface area contributed by atoms with Crippen LogP contribution >= 0.6 is 0 Å². The van der Waals surface area contributed by atoms with E-state index < -0.39 is 0 Å². The molecule has 0 aliphatic heterocycles. The number of halogens is 3. The second-order valence-electron chi connectivity index (χ2n) is 0. The number of rotatable bonds is 0. The average Bonchev–Trinajstić information content (AvgIpc) is 1.00. The van der Waals surface area contributed by atoms with Gasteiger partial charge in [-0.15, -0.1) is 0 Å². The standard InChI is InChI=1S/CH5N.ClH.2HI.Pb/c1-2;;;;/h2H2,1H3;3*1H;/p-3. The van der Waals surface area contributed by atoms with Crippen LogP contribution in [0.2, 0.25) is 0 Å². The van der Waals surface area contributed by atoms with E-state index in [0.29, 0.717) is 0 Å². The fourth-order valence-electron chi connectivity index (χ4n) is 0. The molecule has 2 N–H and O–H groups in total. The van der Waals surface area contributed by atoms with Crippen LogP contribution in [0.5, 0.6) is 0 Å². The van der Waals surface area contributed by atoms with E-state index in [1.54, 1.807) is 0 Å². The van der Waals surface area contributed by atoms with Gasteiger partial charge in [0.15, 0.2) is 0 Å². The summed E-state index contributed by atoms with van der Waals surface area (Å²) in [7, 11) is 1.50. The van der Waals surface area contributed by atoms with E-state index in [1.165, 1.54) is 7.05 Å². The van der Waals surface area contributed by atoms with Gasteiger partial charge in [-0.05, 0) is 7.05 Å². The zero-order chi connectivity index (χ0) is 2.00. The van der Waals surface area contributed by atoms with E-state index in [-0.39, 0.29) is 87.7 Å². The molecule has 42 valence electrons. The number of nitrogens with two attached hydrogens (primary N) is 1. The summed E-state index contributed by atoms with van der Waals surface area (Å²) in [4.78, 5) is 0. The van der Waals surface area contributed by atoms with Crippen LogP contribution in [-0.2, 0) is 0 Å². The first-order valence-electron chi connectivity index (χ1n) is 0.577. The summed E-state index contributed by atoms with van der Waals surface area (Å²) >= 11 is 0. The van der Waals surface area contributed by atoms with Gasteiger partial charge in [0.1, 0.15) is 0 Å². The molecule has 0 fully saturated rings. The van der Waals surface area contributed by atoms with Crippen molar-refractivity contribution in [3.05, 3.63) is 0 Å². The number of hydrogen-bond acceptors (Lipinski definition) is 1. The molecule has 4 radical (unpaired) electrons. The van der Waals surface area contributed by atoms with Crippen molar-refractivity contribution in [3.63, 3.8) is 0 Å². The molecule has 0 amide bonds. The summed E-state index contributed by atoms with van der Waals surface area (Å²) in [6, 6.07) is 0. The molecular weight excluding hydrogens is 522 g/mol. The Bertz CT molecular complexity index is 13.5. The second-order valence-corrected chi connectivity index (χ2v) is 0. The Balaban J connectivity index is -0.000000000833. The van der Waals surface area contributed by atoms with Gasteiger partial charge in [0, 0.05) is 27.3 Å². The molecule has 6 heavy (non-hydrogen) atoms. The van der Waals surface area contributed by atoms with Crippen LogP contribution in [0.25, 0.3) is 0 Å². The quantitative estimate of drug-likeness (QED) is 0.246. The Hall–Kier alpha value is 2.63. The van der Waals surface area contributed by atoms with E-state index >= 15 is 0 Å². The van der Waals surface area contributed by atoms with Gasteiger partial charge >= 0.3 is 0 Å². The molecular formula is CH5ClI2NPb-3. The molecule has 0 aromatic carbocycles. The summed E-state index contributed by atoms with van der Waals surface area (Å²) in [5, 5.41) is 0. The molecule has 0 bridgehead atoms. The molecule has 0 atom stereocenters. The van der Waals surface area contributed by atoms with Crippen LogP contribution in [-0.4, -0.2) is 34.3 Å². The zero-order valence-corrected chi connectivity index (χ0v) is 12.2. The van der Waals surface area contributed by atoms with Crippen molar-refractivity contribution in [1.82, 2.24) is 0 Å². The predicted molar refractivity (Wildman–Crippen MR) is 15.9 cm³/mol. The summed E-state index contributed by atoms with van der Waals surface area (Å²) in [5.74, 6) is 0. The maximum atomic E-state index is 4.50. The van der Waals surface area contributed by atoms with E-state index in [0.717, 1.165) is 0 Å². The summed E-state index contributed by atoms with van der Waals surface area (Å²) in [6.07, 6.45) is 0. The number of hydrogen-bond donors (Lipinski definition) is 1. The predicted octanol–water partition coefficient (Wildman–Crippen LogP) is -9.79. The van der Waals surface area contributed by atoms with Gasteiger partial charge in [-0.2, -0.15) is 0 Å². The van der Waals surface area contributed by atoms with Gasteiger partial charge < -0.3 is 66.1 Å². The van der Waals surface area contributed by atoms with Crippen LogP contribution in [0.3, 0.4) is 0 Å². The van der Waals surface area contributed by atoms with E-state index in [4.69, 9.17) is 0 Å². The van der Waals surface area contributed by atoms with Crippen LogP contribution in [0.15, 0.2) is 0 Å². The largest absolute Gasteiger partial charge is 1.00 e. The van der Waals surface area contributed by atoms with Gasteiger partial charge in [0.25, 0.3) is 0 Å². The summed E-state index contributed by atoms with van der Waals surface area (Å²) < 4.78 is 0. The van der Waals surface area contributed by atoms with Crippen LogP contribution in [0.1, 0.15) is 0 Å². The minimum atomic E-state index is 0. The first-order chi connectivity index (χ1) is 1.00. The molecule has 0 saturated heterocycles. The maximum Gasteiger partial charge on any atom is 0 e. The summed E-state index contributed by atoms with van der Waals surface area (Å²) in [6.45, 7) is 0. The Kier molecular flexibility index (Phi) is 308. The van der Waals surface area contributed by atoms with Gasteiger partial charge in [-0.3, -0.25) is 0 Å². The minimum Gasteiger partial charge on any atom is -1.00 e. The Labute approximate surface area is 98.8 Å². The van der Waals surface area contributed by atoms with Gasteiger partial charge in [0.2, 0.25) is 0 Å². The molecule has 0 heterocycles. The van der Waals surface area contributed by atoms with Crippen molar-refractivity contribution in [3.8, 4) is 0 Å².